The van der Waals surface area contributed by atoms with E-state index >= 15 is 0 Å². The fraction of sp³-hybridized carbons (Fsp3) is 0.308. The lowest BCUT2D eigenvalue weighted by Crippen LogP contribution is -2.47. The molecular weight excluding hydrogens is 262 g/mol. The molecule has 2 heterocycles. The van der Waals surface area contributed by atoms with Gasteiger partial charge in [0.05, 0.1) is 6.54 Å². The van der Waals surface area contributed by atoms with Crippen molar-refractivity contribution in [3.63, 3.8) is 0 Å². The Hall–Kier alpha value is -2.41. The molecule has 104 valence electrons. The normalized spacial score (nSPS) is 21.9. The Morgan fingerprint density at radius 3 is 2.80 bits per heavy atom. The third-order valence-corrected chi connectivity index (χ3v) is 3.41. The first-order valence-electron chi connectivity index (χ1n) is 6.26. The lowest BCUT2D eigenvalue weighted by Gasteiger charge is -2.25. The minimum absolute atomic E-state index is 0.202. The Bertz CT molecular complexity index is 614. The zero-order valence-corrected chi connectivity index (χ0v) is 10.6. The molecule has 0 aliphatic carbocycles. The van der Waals surface area contributed by atoms with Crippen molar-refractivity contribution in [3.8, 4) is 0 Å². The van der Waals surface area contributed by atoms with Crippen LogP contribution in [0.5, 0.6) is 0 Å². The largest absolute Gasteiger partial charge is 0.398 e. The third kappa shape index (κ3) is 2.01. The molecule has 0 spiro atoms. The van der Waals surface area contributed by atoms with E-state index in [0.29, 0.717) is 16.8 Å². The summed E-state index contributed by atoms with van der Waals surface area (Å²) in [6.45, 7) is 0.207. The van der Waals surface area contributed by atoms with Crippen molar-refractivity contribution in [3.05, 3.63) is 29.3 Å². The van der Waals surface area contributed by atoms with Crippen molar-refractivity contribution in [2.45, 2.75) is 25.5 Å². The average Bonchev–Trinajstić information content (AvgIpc) is 2.72. The maximum atomic E-state index is 12.1. The molecule has 3 amide bonds. The third-order valence-electron chi connectivity index (χ3n) is 3.41. The summed E-state index contributed by atoms with van der Waals surface area (Å²) in [5.41, 5.74) is 7.52. The summed E-state index contributed by atoms with van der Waals surface area (Å²) in [6, 6.07) is 5.07. The number of piperidine rings is 1. The van der Waals surface area contributed by atoms with E-state index in [1.54, 1.807) is 18.2 Å². The van der Waals surface area contributed by atoms with E-state index < -0.39 is 12.0 Å². The van der Waals surface area contributed by atoms with Crippen molar-refractivity contribution in [2.75, 3.05) is 5.73 Å². The lowest BCUT2D eigenvalue weighted by molar-refractivity contribution is -0.183. The monoisotopic (exact) mass is 275 g/mol. The zero-order valence-electron chi connectivity index (χ0n) is 10.6. The number of nitrogens with one attached hydrogen (secondary N) is 1. The van der Waals surface area contributed by atoms with E-state index in [0.717, 1.165) is 5.06 Å². The van der Waals surface area contributed by atoms with Crippen LogP contribution in [-0.2, 0) is 21.0 Å². The first-order chi connectivity index (χ1) is 9.56. The van der Waals surface area contributed by atoms with Crippen molar-refractivity contribution in [2.24, 2.45) is 0 Å². The van der Waals surface area contributed by atoms with Gasteiger partial charge < -0.3 is 5.73 Å². The number of benzene rings is 1. The molecule has 3 rings (SSSR count). The van der Waals surface area contributed by atoms with E-state index in [4.69, 9.17) is 10.6 Å². The maximum absolute atomic E-state index is 12.1. The highest BCUT2D eigenvalue weighted by Crippen LogP contribution is 2.28. The molecule has 0 aromatic heterocycles. The van der Waals surface area contributed by atoms with Crippen LogP contribution < -0.4 is 11.1 Å². The van der Waals surface area contributed by atoms with Gasteiger partial charge >= 0.3 is 0 Å². The number of fused-ring (bicyclic) bond motifs is 1. The molecule has 2 aliphatic rings. The highest BCUT2D eigenvalue weighted by molar-refractivity contribution is 6.01. The van der Waals surface area contributed by atoms with Gasteiger partial charge in [-0.2, -0.15) is 0 Å². The standard InChI is InChI=1S/C13H13N3O4/c14-9-3-1-2-7-8(9)6-16(13(7)19)20-10-4-5-11(17)15-12(10)18/h1-3,10H,4-6,14H2,(H,15,17,18). The van der Waals surface area contributed by atoms with Gasteiger partial charge in [-0.15, -0.1) is 0 Å². The molecule has 1 aromatic rings. The van der Waals surface area contributed by atoms with Crippen LogP contribution >= 0.6 is 0 Å². The number of nitrogen functional groups attached to an aromatic ring is 1. The zero-order chi connectivity index (χ0) is 14.3. The number of hydrogen-bond donors (Lipinski definition) is 2. The number of amides is 3. The minimum Gasteiger partial charge on any atom is -0.398 e. The van der Waals surface area contributed by atoms with Gasteiger partial charge in [-0.05, 0) is 18.6 Å². The van der Waals surface area contributed by atoms with Crippen molar-refractivity contribution < 1.29 is 19.2 Å². The van der Waals surface area contributed by atoms with E-state index in [1.165, 1.54) is 0 Å². The second kappa shape index (κ2) is 4.61. The van der Waals surface area contributed by atoms with Gasteiger partial charge in [0.15, 0.2) is 6.10 Å². The Kier molecular flexibility index (Phi) is 2.90. The van der Waals surface area contributed by atoms with Crippen LogP contribution in [0.1, 0.15) is 28.8 Å². The van der Waals surface area contributed by atoms with Gasteiger partial charge in [0.1, 0.15) is 0 Å². The average molecular weight is 275 g/mol. The Morgan fingerprint density at radius 1 is 1.30 bits per heavy atom. The second-order valence-corrected chi connectivity index (χ2v) is 4.76. The van der Waals surface area contributed by atoms with Crippen LogP contribution in [0.4, 0.5) is 5.69 Å². The van der Waals surface area contributed by atoms with Crippen LogP contribution in [0.2, 0.25) is 0 Å². The smallest absolute Gasteiger partial charge is 0.278 e. The molecule has 3 N–H and O–H groups in total. The van der Waals surface area contributed by atoms with Crippen LogP contribution in [0.3, 0.4) is 0 Å². The molecular formula is C13H13N3O4. The molecule has 0 radical (unpaired) electrons. The number of anilines is 1. The second-order valence-electron chi connectivity index (χ2n) is 4.76. The van der Waals surface area contributed by atoms with Gasteiger partial charge in [-0.3, -0.25) is 24.5 Å². The van der Waals surface area contributed by atoms with E-state index in [-0.39, 0.29) is 31.2 Å². The Morgan fingerprint density at radius 2 is 2.10 bits per heavy atom. The molecule has 0 bridgehead atoms. The number of imide groups is 1. The molecule has 2 aliphatic heterocycles. The van der Waals surface area contributed by atoms with Gasteiger partial charge in [0.25, 0.3) is 11.8 Å². The molecule has 7 nitrogen and oxygen atoms in total. The number of hydroxylamine groups is 2. The van der Waals surface area contributed by atoms with Gasteiger partial charge in [0.2, 0.25) is 5.91 Å². The molecule has 7 heteroatoms. The summed E-state index contributed by atoms with van der Waals surface area (Å²) >= 11 is 0. The molecule has 1 atom stereocenters. The van der Waals surface area contributed by atoms with Crippen LogP contribution in [0.25, 0.3) is 0 Å². The predicted octanol–water partition coefficient (Wildman–Crippen LogP) is -0.0386. The van der Waals surface area contributed by atoms with Crippen LogP contribution in [0.15, 0.2) is 18.2 Å². The van der Waals surface area contributed by atoms with Gasteiger partial charge in [-0.1, -0.05) is 6.07 Å². The first-order valence-corrected chi connectivity index (χ1v) is 6.26. The van der Waals surface area contributed by atoms with Crippen molar-refractivity contribution >= 4 is 23.4 Å². The summed E-state index contributed by atoms with van der Waals surface area (Å²) in [6.07, 6.45) is -0.361. The SMILES string of the molecule is Nc1cccc2c1CN(OC1CCC(=O)NC1=O)C2=O. The molecule has 20 heavy (non-hydrogen) atoms. The maximum Gasteiger partial charge on any atom is 0.278 e. The number of nitrogens with two attached hydrogens (primary N) is 1. The summed E-state index contributed by atoms with van der Waals surface area (Å²) < 4.78 is 0. The van der Waals surface area contributed by atoms with E-state index in [2.05, 4.69) is 5.32 Å². The summed E-state index contributed by atoms with van der Waals surface area (Å²) in [4.78, 5) is 40.2. The van der Waals surface area contributed by atoms with Crippen molar-refractivity contribution in [1.29, 1.82) is 0 Å². The minimum atomic E-state index is -0.827. The van der Waals surface area contributed by atoms with Crippen LogP contribution in [0, 0.1) is 0 Å². The van der Waals surface area contributed by atoms with Gasteiger partial charge in [-0.25, -0.2) is 5.06 Å². The summed E-state index contributed by atoms with van der Waals surface area (Å²) in [7, 11) is 0. The highest BCUT2D eigenvalue weighted by Gasteiger charge is 2.35. The number of hydrogen-bond acceptors (Lipinski definition) is 5. The highest BCUT2D eigenvalue weighted by atomic mass is 16.7. The molecule has 1 unspecified atom stereocenters. The lowest BCUT2D eigenvalue weighted by atomic mass is 10.1. The molecule has 1 aromatic carbocycles. The van der Waals surface area contributed by atoms with Crippen molar-refractivity contribution in [1.82, 2.24) is 10.4 Å². The first kappa shape index (κ1) is 12.6. The summed E-state index contributed by atoms with van der Waals surface area (Å²) in [5, 5.41) is 3.31. The topological polar surface area (TPSA) is 102 Å². The fourth-order valence-corrected chi connectivity index (χ4v) is 2.34. The predicted molar refractivity (Wildman–Crippen MR) is 68.0 cm³/mol. The van der Waals surface area contributed by atoms with E-state index in [9.17, 15) is 14.4 Å². The molecule has 0 saturated carbocycles. The number of carbonyl (C=O) groups is 3. The quantitative estimate of drug-likeness (QED) is 0.582. The number of nitrogens with zero attached hydrogens (tertiary/aromatic N) is 1. The summed E-state index contributed by atoms with van der Waals surface area (Å²) in [5.74, 6) is -1.16. The van der Waals surface area contributed by atoms with Gasteiger partial charge in [0, 0.05) is 23.2 Å². The Balaban J connectivity index is 1.75. The van der Waals surface area contributed by atoms with E-state index in [1.807, 2.05) is 0 Å². The molecule has 1 fully saturated rings. The molecule has 1 saturated heterocycles. The fourth-order valence-electron chi connectivity index (χ4n) is 2.34. The number of carbonyl (C=O) groups excluding carboxylic acids is 3. The van der Waals surface area contributed by atoms with Crippen LogP contribution in [-0.4, -0.2) is 28.9 Å². The number of rotatable bonds is 2. The Labute approximate surface area is 114 Å².